The summed E-state index contributed by atoms with van der Waals surface area (Å²) in [5.74, 6) is -0.418. The van der Waals surface area contributed by atoms with E-state index >= 15 is 0 Å². The molecule has 0 aliphatic rings. The van der Waals surface area contributed by atoms with Crippen LogP contribution in [0.5, 0.6) is 0 Å². The second-order valence-corrected chi connectivity index (χ2v) is 3.82. The zero-order valence-corrected chi connectivity index (χ0v) is 9.47. The number of aliphatic hydroxyl groups is 1. The van der Waals surface area contributed by atoms with Crippen LogP contribution < -0.4 is 0 Å². The first-order chi connectivity index (χ1) is 8.16. The highest BCUT2D eigenvalue weighted by Gasteiger charge is 2.31. The maximum absolute atomic E-state index is 12.8. The van der Waals surface area contributed by atoms with Crippen molar-refractivity contribution in [1.82, 2.24) is 9.97 Å². The Morgan fingerprint density at radius 2 is 2.12 bits per heavy atom. The van der Waals surface area contributed by atoms with Crippen molar-refractivity contribution in [3.63, 3.8) is 0 Å². The largest absolute Gasteiger partial charge is 0.379 e. The number of rotatable bonds is 3. The lowest BCUT2D eigenvalue weighted by molar-refractivity contribution is 0.0714. The van der Waals surface area contributed by atoms with Crippen molar-refractivity contribution in [3.8, 4) is 0 Å². The van der Waals surface area contributed by atoms with Crippen molar-refractivity contribution in [2.75, 3.05) is 0 Å². The van der Waals surface area contributed by atoms with E-state index < -0.39 is 11.4 Å². The van der Waals surface area contributed by atoms with Gasteiger partial charge in [-0.3, -0.25) is 9.97 Å². The number of halogens is 1. The molecule has 0 saturated heterocycles. The molecule has 1 N–H and O–H groups in total. The van der Waals surface area contributed by atoms with Crippen LogP contribution in [-0.2, 0) is 5.60 Å². The predicted octanol–water partition coefficient (Wildman–Crippen LogP) is 2.26. The lowest BCUT2D eigenvalue weighted by Gasteiger charge is -2.26. The molecule has 4 heteroatoms. The second kappa shape index (κ2) is 4.59. The Kier molecular flexibility index (Phi) is 3.15. The van der Waals surface area contributed by atoms with Gasteiger partial charge in [-0.25, -0.2) is 4.39 Å². The van der Waals surface area contributed by atoms with Crippen LogP contribution in [0.2, 0.25) is 0 Å². The van der Waals surface area contributed by atoms with Crippen molar-refractivity contribution < 1.29 is 9.50 Å². The third kappa shape index (κ3) is 2.17. The average molecular weight is 232 g/mol. The third-order valence-electron chi connectivity index (χ3n) is 2.80. The van der Waals surface area contributed by atoms with Gasteiger partial charge in [0, 0.05) is 18.0 Å². The molecule has 0 aliphatic heterocycles. The number of nitrogens with zero attached hydrogens (tertiary/aromatic N) is 2. The lowest BCUT2D eigenvalue weighted by Crippen LogP contribution is -2.27. The van der Waals surface area contributed by atoms with E-state index in [0.29, 0.717) is 17.7 Å². The van der Waals surface area contributed by atoms with Crippen molar-refractivity contribution >= 4 is 0 Å². The first-order valence-electron chi connectivity index (χ1n) is 5.41. The molecule has 2 heterocycles. The molecule has 0 aromatic carbocycles. The standard InChI is InChI=1S/C13H13FN2O/c1-2-13(17,10-4-3-7-15-8-10)12-6-5-11(14)9-16-12/h3-9,17H,2H2,1H3. The number of pyridine rings is 2. The van der Waals surface area contributed by atoms with E-state index in [9.17, 15) is 9.50 Å². The topological polar surface area (TPSA) is 46.0 Å². The maximum atomic E-state index is 12.8. The van der Waals surface area contributed by atoms with Crippen LogP contribution in [-0.4, -0.2) is 15.1 Å². The van der Waals surface area contributed by atoms with E-state index in [2.05, 4.69) is 9.97 Å². The first kappa shape index (κ1) is 11.7. The Labute approximate surface area is 99.0 Å². The first-order valence-corrected chi connectivity index (χ1v) is 5.41. The molecule has 0 radical (unpaired) electrons. The molecular formula is C13H13FN2O. The Morgan fingerprint density at radius 1 is 1.29 bits per heavy atom. The summed E-state index contributed by atoms with van der Waals surface area (Å²) in [5.41, 5.74) is -0.141. The summed E-state index contributed by atoms with van der Waals surface area (Å²) < 4.78 is 12.8. The SMILES string of the molecule is CCC(O)(c1cccnc1)c1ccc(F)cn1. The van der Waals surface area contributed by atoms with Gasteiger partial charge in [-0.15, -0.1) is 0 Å². The van der Waals surface area contributed by atoms with Gasteiger partial charge in [0.15, 0.2) is 0 Å². The number of hydrogen-bond donors (Lipinski definition) is 1. The van der Waals surface area contributed by atoms with Crippen LogP contribution in [0.1, 0.15) is 24.6 Å². The summed E-state index contributed by atoms with van der Waals surface area (Å²) in [4.78, 5) is 7.92. The van der Waals surface area contributed by atoms with Crippen molar-refractivity contribution in [3.05, 3.63) is 59.9 Å². The Morgan fingerprint density at radius 3 is 2.65 bits per heavy atom. The fourth-order valence-electron chi connectivity index (χ4n) is 1.76. The fraction of sp³-hybridized carbons (Fsp3) is 0.231. The highest BCUT2D eigenvalue weighted by molar-refractivity contribution is 5.29. The third-order valence-corrected chi connectivity index (χ3v) is 2.80. The molecule has 2 aromatic rings. The van der Waals surface area contributed by atoms with Gasteiger partial charge < -0.3 is 5.11 Å². The van der Waals surface area contributed by atoms with E-state index in [1.807, 2.05) is 6.92 Å². The molecule has 0 saturated carbocycles. The van der Waals surface area contributed by atoms with E-state index in [1.165, 1.54) is 12.1 Å². The van der Waals surface area contributed by atoms with Gasteiger partial charge in [-0.2, -0.15) is 0 Å². The van der Waals surface area contributed by atoms with Crippen molar-refractivity contribution in [2.24, 2.45) is 0 Å². The number of hydrogen-bond acceptors (Lipinski definition) is 3. The molecule has 3 nitrogen and oxygen atoms in total. The molecule has 1 unspecified atom stereocenters. The van der Waals surface area contributed by atoms with Crippen LogP contribution in [0, 0.1) is 5.82 Å². The van der Waals surface area contributed by atoms with E-state index in [1.54, 1.807) is 24.5 Å². The van der Waals surface area contributed by atoms with Gasteiger partial charge in [0.25, 0.3) is 0 Å². The van der Waals surface area contributed by atoms with E-state index in [0.717, 1.165) is 6.20 Å². The molecular weight excluding hydrogens is 219 g/mol. The molecule has 1 atom stereocenters. The summed E-state index contributed by atoms with van der Waals surface area (Å²) in [6, 6.07) is 6.31. The van der Waals surface area contributed by atoms with E-state index in [-0.39, 0.29) is 0 Å². The lowest BCUT2D eigenvalue weighted by atomic mass is 9.88. The summed E-state index contributed by atoms with van der Waals surface area (Å²) in [6.07, 6.45) is 4.77. The minimum atomic E-state index is -1.22. The van der Waals surface area contributed by atoms with Crippen molar-refractivity contribution in [1.29, 1.82) is 0 Å². The minimum Gasteiger partial charge on any atom is -0.379 e. The van der Waals surface area contributed by atoms with Gasteiger partial charge in [-0.05, 0) is 24.6 Å². The van der Waals surface area contributed by atoms with Gasteiger partial charge in [0.1, 0.15) is 11.4 Å². The van der Waals surface area contributed by atoms with Gasteiger partial charge in [-0.1, -0.05) is 13.0 Å². The molecule has 0 spiro atoms. The van der Waals surface area contributed by atoms with Gasteiger partial charge in [0.05, 0.1) is 11.9 Å². The van der Waals surface area contributed by atoms with Crippen LogP contribution in [0.3, 0.4) is 0 Å². The van der Waals surface area contributed by atoms with Gasteiger partial charge >= 0.3 is 0 Å². The summed E-state index contributed by atoms with van der Waals surface area (Å²) in [7, 11) is 0. The number of aromatic nitrogens is 2. The minimum absolute atomic E-state index is 0.418. The molecule has 88 valence electrons. The molecule has 0 fully saturated rings. The van der Waals surface area contributed by atoms with Crippen molar-refractivity contribution in [2.45, 2.75) is 18.9 Å². The van der Waals surface area contributed by atoms with Crippen LogP contribution in [0.4, 0.5) is 4.39 Å². The Balaban J connectivity index is 2.48. The van der Waals surface area contributed by atoms with Crippen LogP contribution >= 0.6 is 0 Å². The smallest absolute Gasteiger partial charge is 0.141 e. The second-order valence-electron chi connectivity index (χ2n) is 3.82. The molecule has 2 rings (SSSR count). The zero-order valence-electron chi connectivity index (χ0n) is 9.47. The highest BCUT2D eigenvalue weighted by atomic mass is 19.1. The Bertz CT molecular complexity index is 487. The van der Waals surface area contributed by atoms with Gasteiger partial charge in [0.2, 0.25) is 0 Å². The van der Waals surface area contributed by atoms with Crippen LogP contribution in [0.25, 0.3) is 0 Å². The average Bonchev–Trinajstić information content (AvgIpc) is 2.40. The monoisotopic (exact) mass is 232 g/mol. The maximum Gasteiger partial charge on any atom is 0.141 e. The fourth-order valence-corrected chi connectivity index (χ4v) is 1.76. The molecule has 17 heavy (non-hydrogen) atoms. The molecule has 0 aliphatic carbocycles. The summed E-state index contributed by atoms with van der Waals surface area (Å²) in [6.45, 7) is 1.85. The highest BCUT2D eigenvalue weighted by Crippen LogP contribution is 2.30. The molecule has 2 aromatic heterocycles. The molecule has 0 bridgehead atoms. The van der Waals surface area contributed by atoms with Crippen LogP contribution in [0.15, 0.2) is 42.9 Å². The Hall–Kier alpha value is -1.81. The predicted molar refractivity (Wildman–Crippen MR) is 61.7 cm³/mol. The van der Waals surface area contributed by atoms with E-state index in [4.69, 9.17) is 0 Å². The normalized spacial score (nSPS) is 14.3. The summed E-state index contributed by atoms with van der Waals surface area (Å²) >= 11 is 0. The summed E-state index contributed by atoms with van der Waals surface area (Å²) in [5, 5.41) is 10.6. The molecule has 0 amide bonds. The zero-order chi connectivity index (χ0) is 12.3. The quantitative estimate of drug-likeness (QED) is 0.882.